The Hall–Kier alpha value is -0.300. The molecule has 1 fully saturated rings. The van der Waals surface area contributed by atoms with Crippen molar-refractivity contribution in [2.24, 2.45) is 5.41 Å². The molecule has 0 aliphatic carbocycles. The first-order valence-electron chi connectivity index (χ1n) is 3.98. The van der Waals surface area contributed by atoms with Gasteiger partial charge in [-0.1, -0.05) is 19.9 Å². The van der Waals surface area contributed by atoms with Crippen molar-refractivity contribution >= 4 is 0 Å². The van der Waals surface area contributed by atoms with Crippen LogP contribution in [0.15, 0.2) is 12.7 Å². The zero-order valence-electron chi connectivity index (χ0n) is 6.98. The molecule has 1 rings (SSSR count). The van der Waals surface area contributed by atoms with Gasteiger partial charge in [0, 0.05) is 12.6 Å². The number of rotatable bonds is 2. The normalized spacial score (nSPS) is 30.4. The summed E-state index contributed by atoms with van der Waals surface area (Å²) in [6.07, 6.45) is 4.40. The van der Waals surface area contributed by atoms with Gasteiger partial charge in [0.05, 0.1) is 0 Å². The van der Waals surface area contributed by atoms with E-state index in [2.05, 4.69) is 25.7 Å². The molecule has 0 spiro atoms. The second-order valence-electron chi connectivity index (χ2n) is 3.97. The Morgan fingerprint density at radius 2 is 2.40 bits per heavy atom. The minimum Gasteiger partial charge on any atom is -0.313 e. The van der Waals surface area contributed by atoms with E-state index in [-0.39, 0.29) is 0 Å². The van der Waals surface area contributed by atoms with E-state index in [1.165, 1.54) is 6.42 Å². The van der Waals surface area contributed by atoms with Crippen molar-refractivity contribution in [3.8, 4) is 0 Å². The van der Waals surface area contributed by atoms with Crippen LogP contribution in [0.25, 0.3) is 0 Å². The molecular weight excluding hydrogens is 122 g/mol. The van der Waals surface area contributed by atoms with E-state index >= 15 is 0 Å². The molecular formula is C9H17N. The van der Waals surface area contributed by atoms with Gasteiger partial charge in [0.25, 0.3) is 0 Å². The van der Waals surface area contributed by atoms with E-state index in [9.17, 15) is 0 Å². The maximum atomic E-state index is 3.73. The highest BCUT2D eigenvalue weighted by Crippen LogP contribution is 2.28. The summed E-state index contributed by atoms with van der Waals surface area (Å²) in [4.78, 5) is 0. The lowest BCUT2D eigenvalue weighted by Gasteiger charge is -2.14. The maximum absolute atomic E-state index is 3.73. The molecule has 1 unspecified atom stereocenters. The summed E-state index contributed by atoms with van der Waals surface area (Å²) in [5.74, 6) is 0. The Bertz CT molecular complexity index is 127. The molecule has 0 aromatic carbocycles. The SMILES string of the molecule is C=CCC1CC(C)(C)CN1. The molecule has 1 heteroatoms. The van der Waals surface area contributed by atoms with Gasteiger partial charge >= 0.3 is 0 Å². The third-order valence-electron chi connectivity index (χ3n) is 2.12. The van der Waals surface area contributed by atoms with Crippen molar-refractivity contribution in [3.63, 3.8) is 0 Å². The number of nitrogens with one attached hydrogen (secondary N) is 1. The summed E-state index contributed by atoms with van der Waals surface area (Å²) in [6.45, 7) is 9.51. The summed E-state index contributed by atoms with van der Waals surface area (Å²) in [6, 6.07) is 0.687. The van der Waals surface area contributed by atoms with Gasteiger partial charge in [0.1, 0.15) is 0 Å². The van der Waals surface area contributed by atoms with Crippen LogP contribution in [0.2, 0.25) is 0 Å². The fraction of sp³-hybridized carbons (Fsp3) is 0.778. The largest absolute Gasteiger partial charge is 0.313 e. The molecule has 0 saturated carbocycles. The van der Waals surface area contributed by atoms with Crippen molar-refractivity contribution in [2.45, 2.75) is 32.7 Å². The van der Waals surface area contributed by atoms with Gasteiger partial charge in [0.15, 0.2) is 0 Å². The minimum atomic E-state index is 0.508. The zero-order chi connectivity index (χ0) is 7.61. The summed E-state index contributed by atoms with van der Waals surface area (Å²) in [7, 11) is 0. The van der Waals surface area contributed by atoms with Crippen LogP contribution in [0.3, 0.4) is 0 Å². The van der Waals surface area contributed by atoms with Gasteiger partial charge in [0.2, 0.25) is 0 Å². The van der Waals surface area contributed by atoms with Crippen LogP contribution in [-0.4, -0.2) is 12.6 Å². The lowest BCUT2D eigenvalue weighted by Crippen LogP contribution is -2.20. The molecule has 58 valence electrons. The first-order chi connectivity index (χ1) is 4.64. The van der Waals surface area contributed by atoms with Crippen LogP contribution in [0.5, 0.6) is 0 Å². The molecule has 0 aromatic rings. The van der Waals surface area contributed by atoms with Crippen molar-refractivity contribution in [2.75, 3.05) is 6.54 Å². The molecule has 10 heavy (non-hydrogen) atoms. The summed E-state index contributed by atoms with van der Waals surface area (Å²) in [5.41, 5.74) is 0.508. The van der Waals surface area contributed by atoms with E-state index in [0.29, 0.717) is 11.5 Å². The van der Waals surface area contributed by atoms with Crippen LogP contribution < -0.4 is 5.32 Å². The molecule has 1 aliphatic rings. The first kappa shape index (κ1) is 7.80. The highest BCUT2D eigenvalue weighted by Gasteiger charge is 2.29. The lowest BCUT2D eigenvalue weighted by atomic mass is 9.90. The average Bonchev–Trinajstić information content (AvgIpc) is 2.12. The topological polar surface area (TPSA) is 12.0 Å². The molecule has 1 heterocycles. The minimum absolute atomic E-state index is 0.508. The molecule has 0 bridgehead atoms. The fourth-order valence-electron chi connectivity index (χ4n) is 1.60. The summed E-state index contributed by atoms with van der Waals surface area (Å²) < 4.78 is 0. The predicted molar refractivity (Wildman–Crippen MR) is 45.0 cm³/mol. The average molecular weight is 139 g/mol. The fourth-order valence-corrected chi connectivity index (χ4v) is 1.60. The quantitative estimate of drug-likeness (QED) is 0.577. The van der Waals surface area contributed by atoms with E-state index in [1.807, 2.05) is 6.08 Å². The van der Waals surface area contributed by atoms with E-state index in [0.717, 1.165) is 13.0 Å². The summed E-state index contributed by atoms with van der Waals surface area (Å²) >= 11 is 0. The third kappa shape index (κ3) is 1.84. The van der Waals surface area contributed by atoms with Crippen molar-refractivity contribution in [1.82, 2.24) is 5.32 Å². The van der Waals surface area contributed by atoms with Crippen molar-refractivity contribution in [1.29, 1.82) is 0 Å². The van der Waals surface area contributed by atoms with Crippen molar-refractivity contribution in [3.05, 3.63) is 12.7 Å². The predicted octanol–water partition coefficient (Wildman–Crippen LogP) is 1.95. The second kappa shape index (κ2) is 2.75. The summed E-state index contributed by atoms with van der Waals surface area (Å²) in [5, 5.41) is 3.48. The molecule has 0 radical (unpaired) electrons. The van der Waals surface area contributed by atoms with Gasteiger partial charge in [-0.2, -0.15) is 0 Å². The van der Waals surface area contributed by atoms with Gasteiger partial charge in [-0.3, -0.25) is 0 Å². The van der Waals surface area contributed by atoms with Crippen LogP contribution >= 0.6 is 0 Å². The third-order valence-corrected chi connectivity index (χ3v) is 2.12. The van der Waals surface area contributed by atoms with Gasteiger partial charge < -0.3 is 5.32 Å². The standard InChI is InChI=1S/C9H17N/c1-4-5-8-6-9(2,3)7-10-8/h4,8,10H,1,5-7H2,2-3H3. The molecule has 1 saturated heterocycles. The zero-order valence-corrected chi connectivity index (χ0v) is 6.98. The number of hydrogen-bond donors (Lipinski definition) is 1. The maximum Gasteiger partial charge on any atom is 0.0107 e. The van der Waals surface area contributed by atoms with E-state index < -0.39 is 0 Å². The highest BCUT2D eigenvalue weighted by molar-refractivity contribution is 4.90. The lowest BCUT2D eigenvalue weighted by molar-refractivity contribution is 0.402. The van der Waals surface area contributed by atoms with Crippen LogP contribution in [0.1, 0.15) is 26.7 Å². The Morgan fingerprint density at radius 1 is 1.70 bits per heavy atom. The van der Waals surface area contributed by atoms with Crippen LogP contribution in [0.4, 0.5) is 0 Å². The second-order valence-corrected chi connectivity index (χ2v) is 3.97. The van der Waals surface area contributed by atoms with Crippen LogP contribution in [0, 0.1) is 5.41 Å². The highest BCUT2D eigenvalue weighted by atomic mass is 15.0. The van der Waals surface area contributed by atoms with Gasteiger partial charge in [-0.05, 0) is 18.3 Å². The monoisotopic (exact) mass is 139 g/mol. The molecule has 0 aromatic heterocycles. The molecule has 1 nitrogen and oxygen atoms in total. The number of hydrogen-bond acceptors (Lipinski definition) is 1. The smallest absolute Gasteiger partial charge is 0.0107 e. The Kier molecular flexibility index (Phi) is 2.14. The van der Waals surface area contributed by atoms with E-state index in [4.69, 9.17) is 0 Å². The van der Waals surface area contributed by atoms with Crippen LogP contribution in [-0.2, 0) is 0 Å². The Morgan fingerprint density at radius 3 is 2.80 bits per heavy atom. The Balaban J connectivity index is 2.35. The molecule has 1 N–H and O–H groups in total. The van der Waals surface area contributed by atoms with E-state index in [1.54, 1.807) is 0 Å². The van der Waals surface area contributed by atoms with Gasteiger partial charge in [-0.25, -0.2) is 0 Å². The molecule has 0 amide bonds. The Labute approximate surface area is 63.5 Å². The molecule has 1 aliphatic heterocycles. The molecule has 1 atom stereocenters. The van der Waals surface area contributed by atoms with Gasteiger partial charge in [-0.15, -0.1) is 6.58 Å². The first-order valence-corrected chi connectivity index (χ1v) is 3.98. The van der Waals surface area contributed by atoms with Crippen molar-refractivity contribution < 1.29 is 0 Å².